The maximum absolute atomic E-state index is 7.50. The molecule has 0 aliphatic heterocycles. The molecule has 3 aromatic rings. The summed E-state index contributed by atoms with van der Waals surface area (Å²) in [5, 5.41) is 0. The van der Waals surface area contributed by atoms with Gasteiger partial charge in [-0.1, -0.05) is 65.7 Å². The minimum absolute atomic E-state index is 0.385. The summed E-state index contributed by atoms with van der Waals surface area (Å²) in [4.78, 5) is 0. The van der Waals surface area contributed by atoms with Crippen LogP contribution in [0.15, 0.2) is 36.7 Å². The van der Waals surface area contributed by atoms with Crippen LogP contribution in [0.5, 0.6) is 0 Å². The van der Waals surface area contributed by atoms with E-state index in [1.165, 1.54) is 85.0 Å². The molecular formula is C40H57ClN2OPRu. The van der Waals surface area contributed by atoms with Gasteiger partial charge >= 0.3 is 173 Å². The van der Waals surface area contributed by atoms with E-state index in [4.69, 9.17) is 14.3 Å². The average molecular weight is 749 g/mol. The van der Waals surface area contributed by atoms with Crippen molar-refractivity contribution in [2.45, 2.75) is 155 Å². The van der Waals surface area contributed by atoms with Crippen molar-refractivity contribution in [2.75, 3.05) is 0 Å². The third kappa shape index (κ3) is 9.24. The fourth-order valence-corrected chi connectivity index (χ4v) is 15.3. The molecule has 0 atom stereocenters. The van der Waals surface area contributed by atoms with Gasteiger partial charge in [-0.25, -0.2) is 0 Å². The fourth-order valence-electron chi connectivity index (χ4n) is 8.90. The molecule has 6 rings (SSSR count). The van der Waals surface area contributed by atoms with Crippen molar-refractivity contribution >= 4 is 17.6 Å². The van der Waals surface area contributed by atoms with Crippen LogP contribution in [0, 0.1) is 52.2 Å². The van der Waals surface area contributed by atoms with Gasteiger partial charge in [0.05, 0.1) is 0 Å². The summed E-state index contributed by atoms with van der Waals surface area (Å²) < 4.78 is 13.2. The first kappa shape index (κ1) is 37.6. The van der Waals surface area contributed by atoms with Crippen molar-refractivity contribution < 1.29 is 20.3 Å². The molecule has 0 N–H and O–H groups in total. The second-order valence-electron chi connectivity index (χ2n) is 14.2. The van der Waals surface area contributed by atoms with E-state index in [1.807, 2.05) is 0 Å². The molecule has 6 heteroatoms. The van der Waals surface area contributed by atoms with Gasteiger partial charge in [-0.3, -0.25) is 0 Å². The molecular weight excluding hydrogens is 692 g/mol. The molecule has 0 spiro atoms. The van der Waals surface area contributed by atoms with E-state index in [9.17, 15) is 0 Å². The van der Waals surface area contributed by atoms with E-state index in [2.05, 4.69) is 94.0 Å². The number of rotatable bonds is 5. The monoisotopic (exact) mass is 749 g/mol. The predicted molar refractivity (Wildman–Crippen MR) is 194 cm³/mol. The van der Waals surface area contributed by atoms with E-state index >= 15 is 0 Å². The first-order valence-electron chi connectivity index (χ1n) is 17.8. The fraction of sp³-hybridized carbons (Fsp3) is 0.600. The molecule has 0 amide bonds. The zero-order chi connectivity index (χ0) is 33.2. The number of imidazole rings is 1. The number of aryl methyl sites for hydroxylation is 6. The summed E-state index contributed by atoms with van der Waals surface area (Å²) in [6, 6.07) is 8.96. The Balaban J connectivity index is 0.000000204. The molecule has 3 fully saturated rings. The molecule has 3 saturated carbocycles. The van der Waals surface area contributed by atoms with Crippen molar-refractivity contribution in [3.63, 3.8) is 0 Å². The Hall–Kier alpha value is -1.27. The van der Waals surface area contributed by atoms with E-state index in [0.717, 1.165) is 0 Å². The summed E-state index contributed by atoms with van der Waals surface area (Å²) in [7, 11) is 6.88. The second-order valence-corrected chi connectivity index (χ2v) is 19.2. The van der Waals surface area contributed by atoms with Crippen LogP contribution in [0.3, 0.4) is 0 Å². The number of aromatic nitrogens is 2. The van der Waals surface area contributed by atoms with Gasteiger partial charge in [0, 0.05) is 0 Å². The first-order valence-corrected chi connectivity index (χ1v) is 22.4. The van der Waals surface area contributed by atoms with Gasteiger partial charge in [0.15, 0.2) is 0 Å². The molecule has 0 unspecified atom stereocenters. The minimum atomic E-state index is -0.423. The summed E-state index contributed by atoms with van der Waals surface area (Å²) in [5.74, 6) is 0. The number of nitrogens with zero attached hydrogens (tertiary/aromatic N) is 2. The molecule has 0 saturated heterocycles. The topological polar surface area (TPSA) is 29.8 Å². The van der Waals surface area contributed by atoms with Crippen LogP contribution in [-0.2, 0) is 20.3 Å². The number of hydrogen-bond donors (Lipinski definition) is 0. The van der Waals surface area contributed by atoms with Crippen LogP contribution in [0.4, 0.5) is 0 Å². The first-order chi connectivity index (χ1) is 22.3. The van der Waals surface area contributed by atoms with Crippen LogP contribution < -0.4 is 0 Å². The standard InChI is InChI=1S/C21H24N2.C18H33P.CO.ClH.Ru/c1-14-9-16(3)20(17(4)10-14)22-7-8-23(13-22)21-18(5)11-15(2)12-19(21)6;1-4-10-16(11-5-1)19(17-12-6-2-7-13-17)18-14-8-3-9-15-18;1-2;;/h7-12H,1-6H3;16-18H,1-15H2;;1H;/q;;;;+1/p-1. The zero-order valence-electron chi connectivity index (χ0n) is 29.3. The van der Waals surface area contributed by atoms with Gasteiger partial charge in [0.2, 0.25) is 0 Å². The maximum atomic E-state index is 7.50. The van der Waals surface area contributed by atoms with Crippen LogP contribution in [0.25, 0.3) is 11.4 Å². The van der Waals surface area contributed by atoms with Gasteiger partial charge in [-0.15, -0.1) is 0 Å². The summed E-state index contributed by atoms with van der Waals surface area (Å²) in [5.41, 5.74) is 13.8. The Morgan fingerprint density at radius 2 is 0.848 bits per heavy atom. The molecule has 1 aromatic heterocycles. The number of halogens is 1. The van der Waals surface area contributed by atoms with Gasteiger partial charge in [0.25, 0.3) is 0 Å². The zero-order valence-corrected chi connectivity index (χ0v) is 32.7. The van der Waals surface area contributed by atoms with Crippen molar-refractivity contribution in [3.8, 4) is 11.4 Å². The second kappa shape index (κ2) is 18.5. The molecule has 3 aliphatic carbocycles. The Labute approximate surface area is 292 Å². The van der Waals surface area contributed by atoms with E-state index in [1.54, 1.807) is 77.0 Å². The third-order valence-corrected chi connectivity index (χ3v) is 16.5. The summed E-state index contributed by atoms with van der Waals surface area (Å²) in [6.45, 7) is 17.5. The average Bonchev–Trinajstić information content (AvgIpc) is 3.46. The van der Waals surface area contributed by atoms with Gasteiger partial charge in [0.1, 0.15) is 0 Å². The molecule has 0 radical (unpaired) electrons. The summed E-state index contributed by atoms with van der Waals surface area (Å²) in [6.07, 6.45) is 27.9. The molecule has 0 bridgehead atoms. The van der Waals surface area contributed by atoms with Crippen LogP contribution in [0.1, 0.15) is 130 Å². The Morgan fingerprint density at radius 3 is 1.11 bits per heavy atom. The number of hydrogen-bond acceptors (Lipinski definition) is 0. The van der Waals surface area contributed by atoms with E-state index < -0.39 is 15.7 Å². The predicted octanol–water partition coefficient (Wildman–Crippen LogP) is 12.3. The van der Waals surface area contributed by atoms with Crippen molar-refractivity contribution in [2.24, 2.45) is 0 Å². The molecule has 46 heavy (non-hydrogen) atoms. The molecule has 3 nitrogen and oxygen atoms in total. The number of benzene rings is 2. The molecule has 1 heterocycles. The van der Waals surface area contributed by atoms with Crippen LogP contribution in [-0.4, -0.2) is 26.1 Å². The van der Waals surface area contributed by atoms with Gasteiger partial charge < -0.3 is 0 Å². The normalized spacial score (nSPS) is 18.0. The quantitative estimate of drug-likeness (QED) is 0.108. The molecule has 2 aromatic carbocycles. The molecule has 253 valence electrons. The van der Waals surface area contributed by atoms with Crippen molar-refractivity contribution in [1.29, 1.82) is 0 Å². The Bertz CT molecular complexity index is 1340. The SMILES string of the molecule is C1CCC(P(C2CCCCC2)C2CCCCC2)CC1.Cc1cc(C)c(-n2ccn(-c3c(C)cc(C)cc3C)[c]2=[Ru][Cl])c(C)c1.[C-]#[O+]. The molecule has 3 aliphatic rings. The van der Waals surface area contributed by atoms with Crippen molar-refractivity contribution in [3.05, 3.63) is 80.7 Å². The van der Waals surface area contributed by atoms with E-state index in [-0.39, 0.29) is 0 Å². The van der Waals surface area contributed by atoms with Crippen LogP contribution >= 0.6 is 17.6 Å². The Morgan fingerprint density at radius 1 is 0.565 bits per heavy atom. The third-order valence-electron chi connectivity index (χ3n) is 10.6. The van der Waals surface area contributed by atoms with Crippen molar-refractivity contribution in [1.82, 2.24) is 9.13 Å². The van der Waals surface area contributed by atoms with Gasteiger partial charge in [-0.2, -0.15) is 0 Å². The summed E-state index contributed by atoms with van der Waals surface area (Å²) >= 11 is -0.423. The Kier molecular flexibility index (Phi) is 15.1. The van der Waals surface area contributed by atoms with Crippen LogP contribution in [0.2, 0.25) is 0 Å². The van der Waals surface area contributed by atoms with E-state index in [0.29, 0.717) is 7.92 Å². The van der Waals surface area contributed by atoms with Gasteiger partial charge in [-0.05, 0) is 55.5 Å².